The molecule has 2 N–H and O–H groups in total. The molecule has 0 spiro atoms. The van der Waals surface area contributed by atoms with E-state index in [1.54, 1.807) is 20.8 Å². The molecule has 7 heteroatoms. The average Bonchev–Trinajstić information content (AvgIpc) is 1.96. The summed E-state index contributed by atoms with van der Waals surface area (Å²) in [6.07, 6.45) is 0. The van der Waals surface area contributed by atoms with E-state index in [4.69, 9.17) is 10.3 Å². The minimum absolute atomic E-state index is 0. The van der Waals surface area contributed by atoms with Crippen molar-refractivity contribution in [2.24, 2.45) is 5.28 Å². The molecule has 0 aromatic rings. The number of β-amino-alcohol motifs (C(OH)–C–C–N with tert-alkyl or cyclic N) is 1. The summed E-state index contributed by atoms with van der Waals surface area (Å²) < 4.78 is 0. The van der Waals surface area contributed by atoms with Crippen LogP contribution in [0.1, 0.15) is 22.2 Å². The summed E-state index contributed by atoms with van der Waals surface area (Å²) in [5.74, 6) is 0. The maximum Gasteiger partial charge on any atom is 1.00 e. The molecule has 0 aliphatic rings. The Kier molecular flexibility index (Phi) is 7.62. The third kappa shape index (κ3) is 5.30. The van der Waals surface area contributed by atoms with Gasteiger partial charge in [-0.15, -0.1) is 5.01 Å². The molecular weight excluding hydrogens is 185 g/mol. The molecule has 74 valence electrons. The molecule has 0 fully saturated rings. The normalized spacial score (nSPS) is 12.2. The number of rotatable bonds is 3. The monoisotopic (exact) mass is 201 g/mol. The minimum Gasteiger partial charge on any atom is -1.00 e. The summed E-state index contributed by atoms with van der Waals surface area (Å²) in [4.78, 5) is 0.0657. The summed E-state index contributed by atoms with van der Waals surface area (Å²) in [5, 5.41) is 31.4. The maximum absolute atomic E-state index is 10.9. The molecule has 6 nitrogen and oxygen atoms in total. The Bertz CT molecular complexity index is 174. The number of hydrogen-bond donors (Lipinski definition) is 2. The predicted molar refractivity (Wildman–Crippen MR) is 42.5 cm³/mol. The van der Waals surface area contributed by atoms with Crippen LogP contribution >= 0.6 is 0 Å². The van der Waals surface area contributed by atoms with E-state index in [1.165, 1.54) is 5.01 Å². The Hall–Kier alpha value is -0.0400. The van der Waals surface area contributed by atoms with E-state index >= 15 is 0 Å². The van der Waals surface area contributed by atoms with Crippen LogP contribution in [0.25, 0.3) is 0 Å². The van der Waals surface area contributed by atoms with Crippen molar-refractivity contribution in [3.05, 3.63) is 5.21 Å². The van der Waals surface area contributed by atoms with Crippen molar-refractivity contribution in [2.45, 2.75) is 26.3 Å². The predicted octanol–water partition coefficient (Wildman–Crippen LogP) is -2.54. The van der Waals surface area contributed by atoms with Crippen molar-refractivity contribution >= 4 is 0 Å². The molecule has 0 aromatic heterocycles. The van der Waals surface area contributed by atoms with Gasteiger partial charge in [0.25, 0.3) is 0 Å². The summed E-state index contributed by atoms with van der Waals surface area (Å²) in [7, 11) is 0. The Morgan fingerprint density at radius 2 is 2.00 bits per heavy atom. The molecule has 0 saturated carbocycles. The average molecular weight is 201 g/mol. The zero-order valence-corrected chi connectivity index (χ0v) is 10.6. The summed E-state index contributed by atoms with van der Waals surface area (Å²) in [5.41, 5.74) is -0.475. The fraction of sp³-hybridized carbons (Fsp3) is 1.00. The fourth-order valence-corrected chi connectivity index (χ4v) is 0.821. The second-order valence-corrected chi connectivity index (χ2v) is 3.36. The molecule has 0 aromatic carbocycles. The first-order chi connectivity index (χ1) is 5.43. The second-order valence-electron chi connectivity index (χ2n) is 3.36. The van der Waals surface area contributed by atoms with Crippen LogP contribution < -0.4 is 29.6 Å². The van der Waals surface area contributed by atoms with Gasteiger partial charge >= 0.3 is 29.6 Å². The van der Waals surface area contributed by atoms with Gasteiger partial charge in [0.2, 0.25) is 5.28 Å². The summed E-state index contributed by atoms with van der Waals surface area (Å²) in [6.45, 7) is 5.30. The van der Waals surface area contributed by atoms with E-state index in [2.05, 4.69) is 5.28 Å². The van der Waals surface area contributed by atoms with E-state index in [0.29, 0.717) is 0 Å². The summed E-state index contributed by atoms with van der Waals surface area (Å²) >= 11 is 0. The molecule has 0 heterocycles. The number of hydrazine groups is 1. The van der Waals surface area contributed by atoms with Crippen LogP contribution in [0.3, 0.4) is 0 Å². The first-order valence-corrected chi connectivity index (χ1v) is 3.64. The topological polar surface area (TPSA) is 82.1 Å². The van der Waals surface area contributed by atoms with Crippen LogP contribution in [-0.2, 0) is 0 Å². The van der Waals surface area contributed by atoms with Gasteiger partial charge in [-0.2, -0.15) is 0 Å². The van der Waals surface area contributed by atoms with Gasteiger partial charge in [0.05, 0.1) is 17.1 Å². The molecule has 0 saturated heterocycles. The van der Waals surface area contributed by atoms with Gasteiger partial charge in [-0.3, -0.25) is 0 Å². The van der Waals surface area contributed by atoms with Crippen LogP contribution in [-0.4, -0.2) is 39.0 Å². The van der Waals surface area contributed by atoms with Crippen molar-refractivity contribution in [1.82, 2.24) is 5.01 Å². The van der Waals surface area contributed by atoms with E-state index in [9.17, 15) is 5.21 Å². The Morgan fingerprint density at radius 3 is 2.23 bits per heavy atom. The molecule has 13 heavy (non-hydrogen) atoms. The molecule has 0 amide bonds. The van der Waals surface area contributed by atoms with E-state index in [1.807, 2.05) is 0 Å². The van der Waals surface area contributed by atoms with Crippen molar-refractivity contribution < 1.29 is 46.3 Å². The van der Waals surface area contributed by atoms with Crippen LogP contribution in [0.5, 0.6) is 0 Å². The number of hydrogen-bond acceptors (Lipinski definition) is 3. The molecule has 0 bridgehead atoms. The van der Waals surface area contributed by atoms with Gasteiger partial charge in [-0.1, -0.05) is 0 Å². The molecule has 0 aliphatic carbocycles. The number of nitrogens with zero attached hydrogens (tertiary/aromatic N) is 3. The van der Waals surface area contributed by atoms with Crippen LogP contribution in [0.2, 0.25) is 0 Å². The molecule has 0 rings (SSSR count). The molecule has 0 aliphatic heterocycles. The largest absolute Gasteiger partial charge is 1.00 e. The molecule has 0 atom stereocenters. The second kappa shape index (κ2) is 6.42. The SMILES string of the molecule is CC(C)(C)N(CCO)/[N+]([O-])=N/O.[H-].[Na+]. The fourth-order valence-electron chi connectivity index (χ4n) is 0.821. The van der Waals surface area contributed by atoms with Gasteiger partial charge in [0.1, 0.15) is 6.54 Å². The Morgan fingerprint density at radius 1 is 1.54 bits per heavy atom. The Labute approximate surface area is 101 Å². The first-order valence-electron chi connectivity index (χ1n) is 3.64. The first kappa shape index (κ1) is 15.4. The molecule has 0 unspecified atom stereocenters. The summed E-state index contributed by atoms with van der Waals surface area (Å²) in [6, 6.07) is 0. The van der Waals surface area contributed by atoms with E-state index < -0.39 is 5.54 Å². The van der Waals surface area contributed by atoms with Gasteiger partial charge in [0.15, 0.2) is 0 Å². The van der Waals surface area contributed by atoms with Gasteiger partial charge < -0.3 is 16.9 Å². The molecular formula is C6H16N3NaO3. The van der Waals surface area contributed by atoms with Gasteiger partial charge in [0, 0.05) is 0 Å². The van der Waals surface area contributed by atoms with Crippen molar-refractivity contribution in [1.29, 1.82) is 0 Å². The van der Waals surface area contributed by atoms with Crippen molar-refractivity contribution in [3.63, 3.8) is 0 Å². The smallest absolute Gasteiger partial charge is 1.00 e. The van der Waals surface area contributed by atoms with Crippen molar-refractivity contribution in [3.8, 4) is 0 Å². The third-order valence-corrected chi connectivity index (χ3v) is 1.37. The van der Waals surface area contributed by atoms with Crippen LogP contribution in [0.4, 0.5) is 0 Å². The molecule has 0 radical (unpaired) electrons. The van der Waals surface area contributed by atoms with Crippen LogP contribution in [0.15, 0.2) is 5.28 Å². The van der Waals surface area contributed by atoms with Crippen molar-refractivity contribution in [2.75, 3.05) is 13.2 Å². The Balaban J connectivity index is -0.000000605. The quantitative estimate of drug-likeness (QED) is 0.228. The zero-order valence-electron chi connectivity index (χ0n) is 9.56. The van der Waals surface area contributed by atoms with Gasteiger partial charge in [-0.25, -0.2) is 0 Å². The number of aliphatic hydroxyl groups is 1. The minimum atomic E-state index is -0.475. The zero-order chi connectivity index (χ0) is 9.78. The maximum atomic E-state index is 10.9. The van der Waals surface area contributed by atoms with E-state index in [0.717, 1.165) is 0 Å². The number of aliphatic hydroxyl groups excluding tert-OH is 1. The van der Waals surface area contributed by atoms with Crippen LogP contribution in [0, 0.1) is 5.21 Å². The van der Waals surface area contributed by atoms with E-state index in [-0.39, 0.29) is 49.1 Å². The van der Waals surface area contributed by atoms with Gasteiger partial charge in [-0.05, 0) is 20.8 Å². The third-order valence-electron chi connectivity index (χ3n) is 1.37. The standard InChI is InChI=1S/C6H15N3O3.Na.H/c1-6(2,3)8(4-5-10)9(12)7-11;;/h10-11H,4-5H2,1-3H3;;/q;+1;-1/b9-7-;;.